The molecule has 0 amide bonds. The highest BCUT2D eigenvalue weighted by Gasteiger charge is 2.33. The van der Waals surface area contributed by atoms with Gasteiger partial charge in [-0.05, 0) is 48.2 Å². The molecule has 2 heterocycles. The second-order valence-corrected chi connectivity index (χ2v) is 7.49. The van der Waals surface area contributed by atoms with Crippen molar-refractivity contribution < 1.29 is 22.7 Å². The Morgan fingerprint density at radius 3 is 2.77 bits per heavy atom. The van der Waals surface area contributed by atoms with Gasteiger partial charge in [-0.25, -0.2) is 0 Å². The molecule has 1 N–H and O–H groups in total. The summed E-state index contributed by atoms with van der Waals surface area (Å²) in [5, 5.41) is 3.32. The highest BCUT2D eigenvalue weighted by molar-refractivity contribution is 5.84. The maximum Gasteiger partial charge on any atom is 0.417 e. The SMILES string of the molecule is Cc1nccc(C=O)c1NC[C@@H]1CCOc2cc(-c3ccccc3C(F)(F)F)ccc21. The molecule has 0 bridgehead atoms. The van der Waals surface area contributed by atoms with Crippen LogP contribution < -0.4 is 10.1 Å². The Balaban J connectivity index is 1.61. The average Bonchev–Trinajstić information content (AvgIpc) is 2.77. The van der Waals surface area contributed by atoms with E-state index in [0.29, 0.717) is 35.7 Å². The van der Waals surface area contributed by atoms with E-state index in [1.54, 1.807) is 30.5 Å². The van der Waals surface area contributed by atoms with Crippen LogP contribution in [-0.4, -0.2) is 24.4 Å². The predicted octanol–water partition coefficient (Wildman–Crippen LogP) is 5.87. The number of hydrogen-bond donors (Lipinski definition) is 1. The number of halogens is 3. The van der Waals surface area contributed by atoms with Crippen LogP contribution in [-0.2, 0) is 6.18 Å². The standard InChI is InChI=1S/C24H21F3N2O2/c1-15-23(18(14-30)8-10-28-15)29-13-17-9-11-31-22-12-16(6-7-20(17)22)19-4-2-3-5-21(19)24(25,26)27/h2-8,10,12,14,17,29H,9,11,13H2,1H3/t17-/m0/s1. The summed E-state index contributed by atoms with van der Waals surface area (Å²) >= 11 is 0. The summed E-state index contributed by atoms with van der Waals surface area (Å²) in [6, 6.07) is 12.4. The van der Waals surface area contributed by atoms with Gasteiger partial charge < -0.3 is 10.1 Å². The lowest BCUT2D eigenvalue weighted by Gasteiger charge is -2.27. The summed E-state index contributed by atoms with van der Waals surface area (Å²) in [5.41, 5.74) is 2.82. The van der Waals surface area contributed by atoms with Gasteiger partial charge in [0.2, 0.25) is 0 Å². The van der Waals surface area contributed by atoms with Crippen LogP contribution >= 0.6 is 0 Å². The van der Waals surface area contributed by atoms with Crippen LogP contribution in [0.2, 0.25) is 0 Å². The van der Waals surface area contributed by atoms with Crippen LogP contribution in [0.15, 0.2) is 54.7 Å². The number of nitrogens with one attached hydrogen (secondary N) is 1. The van der Waals surface area contributed by atoms with E-state index >= 15 is 0 Å². The van der Waals surface area contributed by atoms with Crippen LogP contribution in [0.3, 0.4) is 0 Å². The lowest BCUT2D eigenvalue weighted by Crippen LogP contribution is -2.21. The summed E-state index contributed by atoms with van der Waals surface area (Å²) in [6.45, 7) is 2.86. The van der Waals surface area contributed by atoms with Crippen molar-refractivity contribution in [1.82, 2.24) is 4.98 Å². The molecule has 160 valence electrons. The number of benzene rings is 2. The average molecular weight is 426 g/mol. The Morgan fingerprint density at radius 2 is 2.00 bits per heavy atom. The number of alkyl halides is 3. The first-order chi connectivity index (χ1) is 14.9. The third-order valence-corrected chi connectivity index (χ3v) is 5.55. The number of carbonyl (C=O) groups excluding carboxylic acids is 1. The van der Waals surface area contributed by atoms with Crippen molar-refractivity contribution in [3.63, 3.8) is 0 Å². The number of ether oxygens (including phenoxy) is 1. The lowest BCUT2D eigenvalue weighted by atomic mass is 9.90. The molecule has 2 aromatic carbocycles. The smallest absolute Gasteiger partial charge is 0.417 e. The molecule has 1 atom stereocenters. The molecule has 1 aliphatic rings. The second kappa shape index (κ2) is 8.41. The molecule has 1 aliphatic heterocycles. The normalized spacial score (nSPS) is 15.7. The molecule has 0 fully saturated rings. The Kier molecular flexibility index (Phi) is 5.67. The van der Waals surface area contributed by atoms with Gasteiger partial charge in [0.15, 0.2) is 6.29 Å². The van der Waals surface area contributed by atoms with Crippen LogP contribution in [0.25, 0.3) is 11.1 Å². The number of aldehydes is 1. The van der Waals surface area contributed by atoms with Gasteiger partial charge in [-0.1, -0.05) is 30.3 Å². The van der Waals surface area contributed by atoms with Crippen molar-refractivity contribution in [3.8, 4) is 16.9 Å². The molecule has 7 heteroatoms. The molecule has 1 aromatic heterocycles. The maximum atomic E-state index is 13.4. The quantitative estimate of drug-likeness (QED) is 0.519. The van der Waals surface area contributed by atoms with E-state index in [2.05, 4.69) is 10.3 Å². The highest BCUT2D eigenvalue weighted by atomic mass is 19.4. The maximum absolute atomic E-state index is 13.4. The number of carbonyl (C=O) groups is 1. The van der Waals surface area contributed by atoms with Gasteiger partial charge in [-0.3, -0.25) is 9.78 Å². The molecule has 0 radical (unpaired) electrons. The zero-order chi connectivity index (χ0) is 22.0. The zero-order valence-electron chi connectivity index (χ0n) is 16.9. The zero-order valence-corrected chi connectivity index (χ0v) is 16.9. The molecule has 3 aromatic rings. The summed E-state index contributed by atoms with van der Waals surface area (Å²) in [4.78, 5) is 15.6. The van der Waals surface area contributed by atoms with E-state index in [1.165, 1.54) is 12.1 Å². The minimum absolute atomic E-state index is 0.0924. The molecule has 31 heavy (non-hydrogen) atoms. The topological polar surface area (TPSA) is 51.2 Å². The first-order valence-corrected chi connectivity index (χ1v) is 9.96. The molecule has 4 nitrogen and oxygen atoms in total. The van der Waals surface area contributed by atoms with Gasteiger partial charge in [-0.2, -0.15) is 13.2 Å². The van der Waals surface area contributed by atoms with E-state index in [9.17, 15) is 18.0 Å². The summed E-state index contributed by atoms with van der Waals surface area (Å²) in [7, 11) is 0. The number of anilines is 1. The number of hydrogen-bond acceptors (Lipinski definition) is 4. The summed E-state index contributed by atoms with van der Waals surface area (Å²) < 4.78 is 46.0. The van der Waals surface area contributed by atoms with E-state index in [-0.39, 0.29) is 11.5 Å². The van der Waals surface area contributed by atoms with Crippen LogP contribution in [0, 0.1) is 6.92 Å². The van der Waals surface area contributed by atoms with Gasteiger partial charge in [0.25, 0.3) is 0 Å². The third-order valence-electron chi connectivity index (χ3n) is 5.55. The van der Waals surface area contributed by atoms with Crippen molar-refractivity contribution in [1.29, 1.82) is 0 Å². The fourth-order valence-corrected chi connectivity index (χ4v) is 3.96. The number of fused-ring (bicyclic) bond motifs is 1. The largest absolute Gasteiger partial charge is 0.493 e. The van der Waals surface area contributed by atoms with Gasteiger partial charge in [0, 0.05) is 24.2 Å². The highest BCUT2D eigenvalue weighted by Crippen LogP contribution is 2.41. The number of aryl methyl sites for hydroxylation is 1. The van der Waals surface area contributed by atoms with Crippen molar-refractivity contribution >= 4 is 12.0 Å². The molecule has 0 spiro atoms. The number of pyridine rings is 1. The first-order valence-electron chi connectivity index (χ1n) is 9.96. The molecular weight excluding hydrogens is 405 g/mol. The molecular formula is C24H21F3N2O2. The van der Waals surface area contributed by atoms with Gasteiger partial charge in [-0.15, -0.1) is 0 Å². The second-order valence-electron chi connectivity index (χ2n) is 7.49. The molecule has 0 saturated carbocycles. The number of rotatable bonds is 5. The molecule has 0 saturated heterocycles. The third kappa shape index (κ3) is 4.26. The number of nitrogens with zero attached hydrogens (tertiary/aromatic N) is 1. The molecule has 0 aliphatic carbocycles. The van der Waals surface area contributed by atoms with E-state index in [4.69, 9.17) is 4.74 Å². The Bertz CT molecular complexity index is 1110. The summed E-state index contributed by atoms with van der Waals surface area (Å²) in [6.07, 6.45) is -1.29. The first kappa shape index (κ1) is 20.9. The van der Waals surface area contributed by atoms with Crippen molar-refractivity contribution in [2.75, 3.05) is 18.5 Å². The predicted molar refractivity (Wildman–Crippen MR) is 113 cm³/mol. The van der Waals surface area contributed by atoms with E-state index in [1.807, 2.05) is 13.0 Å². The van der Waals surface area contributed by atoms with Crippen LogP contribution in [0.5, 0.6) is 5.75 Å². The number of aromatic nitrogens is 1. The van der Waals surface area contributed by atoms with Crippen LogP contribution in [0.1, 0.15) is 39.5 Å². The Hall–Kier alpha value is -3.35. The Labute approximate surface area is 178 Å². The van der Waals surface area contributed by atoms with E-state index in [0.717, 1.165) is 30.0 Å². The molecule has 4 rings (SSSR count). The minimum Gasteiger partial charge on any atom is -0.493 e. The minimum atomic E-state index is -4.43. The summed E-state index contributed by atoms with van der Waals surface area (Å²) in [5.74, 6) is 0.681. The van der Waals surface area contributed by atoms with Gasteiger partial charge in [0.05, 0.1) is 23.6 Å². The monoisotopic (exact) mass is 426 g/mol. The van der Waals surface area contributed by atoms with Crippen molar-refractivity contribution in [3.05, 3.63) is 77.1 Å². The van der Waals surface area contributed by atoms with Gasteiger partial charge in [0.1, 0.15) is 5.75 Å². The fourth-order valence-electron chi connectivity index (χ4n) is 3.96. The van der Waals surface area contributed by atoms with Crippen molar-refractivity contribution in [2.24, 2.45) is 0 Å². The van der Waals surface area contributed by atoms with Gasteiger partial charge >= 0.3 is 6.18 Å². The van der Waals surface area contributed by atoms with E-state index < -0.39 is 11.7 Å². The Morgan fingerprint density at radius 1 is 1.19 bits per heavy atom. The molecule has 0 unspecified atom stereocenters. The van der Waals surface area contributed by atoms with Crippen LogP contribution in [0.4, 0.5) is 18.9 Å². The fraction of sp³-hybridized carbons (Fsp3) is 0.250. The van der Waals surface area contributed by atoms with Crippen molar-refractivity contribution in [2.45, 2.75) is 25.4 Å². The lowest BCUT2D eigenvalue weighted by molar-refractivity contribution is -0.137.